The lowest BCUT2D eigenvalue weighted by Crippen LogP contribution is -2.70. The van der Waals surface area contributed by atoms with Crippen LogP contribution in [0.15, 0.2) is 11.6 Å². The second-order valence-corrected chi connectivity index (χ2v) is 9.81. The first-order valence-corrected chi connectivity index (χ1v) is 9.77. The van der Waals surface area contributed by atoms with Gasteiger partial charge in [0, 0.05) is 24.2 Å². The molecule has 0 aromatic rings. The Kier molecular flexibility index (Phi) is 5.75. The quantitative estimate of drug-likeness (QED) is 0.232. The van der Waals surface area contributed by atoms with E-state index in [4.69, 9.17) is 4.74 Å². The van der Waals surface area contributed by atoms with Crippen molar-refractivity contribution < 1.29 is 55.9 Å². The fourth-order valence-corrected chi connectivity index (χ4v) is 6.51. The minimum absolute atomic E-state index is 0. The molecule has 31 heavy (non-hydrogen) atoms. The molecule has 4 aliphatic rings. The molecule has 0 unspecified atom stereocenters. The minimum atomic E-state index is -2.64. The van der Waals surface area contributed by atoms with Gasteiger partial charge >= 0.3 is 0 Å². The third-order valence-corrected chi connectivity index (χ3v) is 7.92. The molecule has 0 bridgehead atoms. The number of hydrogen-bond acceptors (Lipinski definition) is 9. The zero-order valence-electron chi connectivity index (χ0n) is 17.8. The summed E-state index contributed by atoms with van der Waals surface area (Å²) < 4.78 is 5.78. The Balaban J connectivity index is 0.00000171. The monoisotopic (exact) mass is 448 g/mol. The largest absolute Gasteiger partial charge is 0.412 e. The Morgan fingerprint density at radius 1 is 1.13 bits per heavy atom. The van der Waals surface area contributed by atoms with E-state index in [1.165, 1.54) is 33.8 Å². The van der Waals surface area contributed by atoms with Crippen LogP contribution in [0.1, 0.15) is 34.1 Å². The zero-order valence-corrected chi connectivity index (χ0v) is 17.8. The molecule has 0 aromatic heterocycles. The summed E-state index contributed by atoms with van der Waals surface area (Å²) in [4.78, 5) is 25.8. The third-order valence-electron chi connectivity index (χ3n) is 7.92. The van der Waals surface area contributed by atoms with Gasteiger partial charge in [0.25, 0.3) is 0 Å². The number of ether oxygens (including phenoxy) is 1. The van der Waals surface area contributed by atoms with Gasteiger partial charge in [0.15, 0.2) is 11.6 Å². The maximum absolute atomic E-state index is 12.9. The average Bonchev–Trinajstić information content (AvgIpc) is 2.98. The highest BCUT2D eigenvalue weighted by atomic mass is 16.7. The van der Waals surface area contributed by atoms with Gasteiger partial charge in [0.05, 0.1) is 23.7 Å². The fourth-order valence-electron chi connectivity index (χ4n) is 6.51. The van der Waals surface area contributed by atoms with Crippen molar-refractivity contribution in [3.8, 4) is 0 Å². The maximum Gasteiger partial charge on any atom is 0.204 e. The van der Waals surface area contributed by atoms with Gasteiger partial charge in [-0.05, 0) is 26.3 Å². The Morgan fingerprint density at radius 3 is 2.19 bits per heavy atom. The summed E-state index contributed by atoms with van der Waals surface area (Å²) in [7, 11) is 0. The first-order chi connectivity index (χ1) is 13.1. The lowest BCUT2D eigenvalue weighted by Gasteiger charge is -2.53. The Morgan fingerprint density at radius 2 is 1.68 bits per heavy atom. The van der Waals surface area contributed by atoms with Crippen LogP contribution in [0.3, 0.4) is 0 Å². The van der Waals surface area contributed by atoms with Gasteiger partial charge in [0.2, 0.25) is 5.79 Å². The predicted octanol–water partition coefficient (Wildman–Crippen LogP) is -3.62. The highest BCUT2D eigenvalue weighted by Crippen LogP contribution is 2.66. The van der Waals surface area contributed by atoms with Crippen molar-refractivity contribution in [3.63, 3.8) is 0 Å². The number of ketones is 2. The molecule has 1 saturated heterocycles. The normalized spacial score (nSPS) is 52.3. The van der Waals surface area contributed by atoms with Crippen LogP contribution in [-0.4, -0.2) is 94.1 Å². The minimum Gasteiger partial charge on any atom is -0.412 e. The number of aliphatic hydroxyl groups is 6. The van der Waals surface area contributed by atoms with Crippen molar-refractivity contribution in [2.45, 2.75) is 68.4 Å². The maximum atomic E-state index is 12.9. The summed E-state index contributed by atoms with van der Waals surface area (Å²) in [6, 6.07) is 0. The van der Waals surface area contributed by atoms with Gasteiger partial charge in [-0.15, -0.1) is 0 Å². The summed E-state index contributed by atoms with van der Waals surface area (Å²) in [6.45, 7) is 4.71. The number of rotatable bonds is 1. The second-order valence-electron chi connectivity index (χ2n) is 9.81. The van der Waals surface area contributed by atoms with Crippen LogP contribution in [0.5, 0.6) is 0 Å². The van der Waals surface area contributed by atoms with E-state index in [0.29, 0.717) is 0 Å². The first kappa shape index (κ1) is 26.0. The number of aliphatic hydroxyl groups excluding tert-OH is 2. The first-order valence-electron chi connectivity index (χ1n) is 9.77. The van der Waals surface area contributed by atoms with E-state index in [2.05, 4.69) is 0 Å². The fraction of sp³-hybridized carbons (Fsp3) is 0.800. The van der Waals surface area contributed by atoms with E-state index in [1.807, 2.05) is 0 Å². The summed E-state index contributed by atoms with van der Waals surface area (Å²) in [5.41, 5.74) is -8.38. The van der Waals surface area contributed by atoms with Gasteiger partial charge in [-0.3, -0.25) is 9.59 Å². The standard InChI is InChI=1S/C20H28O9.2H2O/c1-8-5-10-18(26,15(8)24)6-17(25,7-21)20(28)14-11(16(3,4)29-20)13(23)12(22)9(2)19(10,14)27;;/h5,9-11,13-14,21,23,25-28H,6-7H2,1-4H3;2*1H2/t9-,10-,11-,13-,14+,17-,18-,19+,20-;;/m1../s1. The molecule has 11 heteroatoms. The molecule has 0 aromatic carbocycles. The molecular formula is C20H32O11. The molecule has 1 aliphatic heterocycles. The Hall–Kier alpha value is -1.28. The SMILES string of the molecule is CC1=C[C@H]2[C@@]3(O)[C@H](C)C(=O)[C@H](O)[C@@H]4[C@@H]3[C@@](O)(OC4(C)C)[C@](O)(CO)C[C@]2(O)C1=O.O.O. The van der Waals surface area contributed by atoms with Crippen LogP contribution < -0.4 is 0 Å². The lowest BCUT2D eigenvalue weighted by molar-refractivity contribution is -0.339. The number of fused-ring (bicyclic) bond motifs is 2. The molecule has 178 valence electrons. The van der Waals surface area contributed by atoms with Crippen LogP contribution >= 0.6 is 0 Å². The Labute approximate surface area is 178 Å². The number of carbonyl (C=O) groups excluding carboxylic acids is 2. The average molecular weight is 448 g/mol. The van der Waals surface area contributed by atoms with E-state index < -0.39 is 82.6 Å². The molecule has 10 N–H and O–H groups in total. The molecule has 0 spiro atoms. The molecule has 0 radical (unpaired) electrons. The molecule has 3 fully saturated rings. The summed E-state index contributed by atoms with van der Waals surface area (Å²) in [6.07, 6.45) is -1.09. The summed E-state index contributed by atoms with van der Waals surface area (Å²) in [5.74, 6) is -9.40. The van der Waals surface area contributed by atoms with Gasteiger partial charge in [-0.25, -0.2) is 0 Å². The van der Waals surface area contributed by atoms with Crippen LogP contribution in [0.25, 0.3) is 0 Å². The van der Waals surface area contributed by atoms with E-state index in [-0.39, 0.29) is 16.5 Å². The van der Waals surface area contributed by atoms with Gasteiger partial charge in [-0.1, -0.05) is 13.0 Å². The zero-order chi connectivity index (χ0) is 21.9. The highest BCUT2D eigenvalue weighted by Gasteiger charge is 2.82. The topological polar surface area (TPSA) is 228 Å². The van der Waals surface area contributed by atoms with Gasteiger partial charge in [0.1, 0.15) is 17.3 Å². The molecule has 9 atom stereocenters. The van der Waals surface area contributed by atoms with Crippen LogP contribution in [0.2, 0.25) is 0 Å². The molecule has 4 rings (SSSR count). The van der Waals surface area contributed by atoms with Gasteiger partial charge in [-0.2, -0.15) is 0 Å². The number of carbonyl (C=O) groups is 2. The van der Waals surface area contributed by atoms with Crippen molar-refractivity contribution in [1.82, 2.24) is 0 Å². The van der Waals surface area contributed by atoms with Crippen molar-refractivity contribution in [2.24, 2.45) is 23.7 Å². The van der Waals surface area contributed by atoms with Crippen LogP contribution in [-0.2, 0) is 14.3 Å². The number of Topliss-reactive ketones (excluding diaryl/α,β-unsaturated/α-hetero) is 2. The summed E-state index contributed by atoms with van der Waals surface area (Å²) in [5, 5.41) is 67.0. The van der Waals surface area contributed by atoms with E-state index in [9.17, 15) is 40.2 Å². The molecule has 1 heterocycles. The third kappa shape index (κ3) is 2.61. The van der Waals surface area contributed by atoms with E-state index in [0.717, 1.165) is 0 Å². The van der Waals surface area contributed by atoms with Crippen molar-refractivity contribution in [3.05, 3.63) is 11.6 Å². The highest BCUT2D eigenvalue weighted by molar-refractivity contribution is 6.05. The molecule has 0 amide bonds. The van der Waals surface area contributed by atoms with Crippen molar-refractivity contribution >= 4 is 11.6 Å². The predicted molar refractivity (Wildman–Crippen MR) is 103 cm³/mol. The number of hydrogen-bond donors (Lipinski definition) is 6. The molecule has 3 aliphatic carbocycles. The van der Waals surface area contributed by atoms with E-state index in [1.54, 1.807) is 0 Å². The Bertz CT molecular complexity index is 839. The molecule has 2 saturated carbocycles. The van der Waals surface area contributed by atoms with Crippen LogP contribution in [0.4, 0.5) is 0 Å². The molecule has 11 nitrogen and oxygen atoms in total. The van der Waals surface area contributed by atoms with E-state index >= 15 is 0 Å². The van der Waals surface area contributed by atoms with Gasteiger partial charge < -0.3 is 46.3 Å². The van der Waals surface area contributed by atoms with Crippen LogP contribution in [0, 0.1) is 23.7 Å². The van der Waals surface area contributed by atoms with Crippen molar-refractivity contribution in [1.29, 1.82) is 0 Å². The lowest BCUT2D eigenvalue weighted by atomic mass is 9.53. The summed E-state index contributed by atoms with van der Waals surface area (Å²) >= 11 is 0. The molecular weight excluding hydrogens is 416 g/mol. The van der Waals surface area contributed by atoms with Crippen molar-refractivity contribution in [2.75, 3.05) is 6.61 Å². The second kappa shape index (κ2) is 6.86. The smallest absolute Gasteiger partial charge is 0.204 e.